The topological polar surface area (TPSA) is 55.8 Å². The fourth-order valence-electron chi connectivity index (χ4n) is 4.41. The minimum absolute atomic E-state index is 0.153. The molecule has 0 spiro atoms. The second kappa shape index (κ2) is 8.93. The molecule has 2 saturated heterocycles. The summed E-state index contributed by atoms with van der Waals surface area (Å²) in [6, 6.07) is 0. The average molecular weight is 417 g/mol. The molecule has 4 rings (SSSR count). The van der Waals surface area contributed by atoms with Gasteiger partial charge in [-0.3, -0.25) is 9.69 Å². The van der Waals surface area contributed by atoms with Crippen molar-refractivity contribution < 1.29 is 4.79 Å². The number of piperazine rings is 2. The van der Waals surface area contributed by atoms with Crippen LogP contribution in [-0.4, -0.2) is 96.0 Å². The highest BCUT2D eigenvalue weighted by Crippen LogP contribution is 2.36. The lowest BCUT2D eigenvalue weighted by atomic mass is 10.1. The summed E-state index contributed by atoms with van der Waals surface area (Å²) in [5, 5.41) is 1.07. The molecule has 0 atom stereocenters. The SMILES string of the molecule is CCCN1CCN(c2ncnc3sc(C(=O)N4CCN(CC)CC4)c(C)c23)CC1. The number of carbonyl (C=O) groups is 1. The van der Waals surface area contributed by atoms with Gasteiger partial charge in [0.15, 0.2) is 0 Å². The molecule has 0 radical (unpaired) electrons. The van der Waals surface area contributed by atoms with Crippen LogP contribution in [0.3, 0.4) is 0 Å². The second-order valence-corrected chi connectivity index (χ2v) is 8.99. The number of hydrogen-bond donors (Lipinski definition) is 0. The highest BCUT2D eigenvalue weighted by molar-refractivity contribution is 7.20. The number of thiophene rings is 1. The molecule has 29 heavy (non-hydrogen) atoms. The Hall–Kier alpha value is -1.77. The largest absolute Gasteiger partial charge is 0.353 e. The van der Waals surface area contributed by atoms with Crippen molar-refractivity contribution in [3.05, 3.63) is 16.8 Å². The number of anilines is 1. The maximum absolute atomic E-state index is 13.2. The lowest BCUT2D eigenvalue weighted by molar-refractivity contribution is 0.0647. The predicted octanol–water partition coefficient (Wildman–Crippen LogP) is 2.31. The number of likely N-dealkylation sites (N-methyl/N-ethyl adjacent to an activating group) is 1. The van der Waals surface area contributed by atoms with Crippen molar-refractivity contribution in [2.24, 2.45) is 0 Å². The summed E-state index contributed by atoms with van der Waals surface area (Å²) < 4.78 is 0. The molecule has 7 nitrogen and oxygen atoms in total. The van der Waals surface area contributed by atoms with Crippen LogP contribution in [0.15, 0.2) is 6.33 Å². The molecule has 4 heterocycles. The molecule has 0 aromatic carbocycles. The molecule has 158 valence electrons. The molecule has 2 aliphatic heterocycles. The van der Waals surface area contributed by atoms with Gasteiger partial charge in [0.25, 0.3) is 5.91 Å². The summed E-state index contributed by atoms with van der Waals surface area (Å²) >= 11 is 1.53. The number of aryl methyl sites for hydroxylation is 1. The Balaban J connectivity index is 1.57. The Labute approximate surface area is 177 Å². The first-order chi connectivity index (χ1) is 14.1. The van der Waals surface area contributed by atoms with Crippen LogP contribution in [0.2, 0.25) is 0 Å². The summed E-state index contributed by atoms with van der Waals surface area (Å²) in [6.07, 6.45) is 2.85. The van der Waals surface area contributed by atoms with E-state index in [2.05, 4.69) is 45.4 Å². The van der Waals surface area contributed by atoms with E-state index in [1.807, 2.05) is 4.90 Å². The molecule has 0 bridgehead atoms. The van der Waals surface area contributed by atoms with Gasteiger partial charge in [0.1, 0.15) is 17.0 Å². The van der Waals surface area contributed by atoms with Crippen molar-refractivity contribution in [1.82, 2.24) is 24.7 Å². The van der Waals surface area contributed by atoms with E-state index in [1.54, 1.807) is 6.33 Å². The Morgan fingerprint density at radius 1 is 1.00 bits per heavy atom. The molecule has 0 saturated carbocycles. The van der Waals surface area contributed by atoms with E-state index in [1.165, 1.54) is 17.8 Å². The van der Waals surface area contributed by atoms with Crippen molar-refractivity contribution in [1.29, 1.82) is 0 Å². The summed E-state index contributed by atoms with van der Waals surface area (Å²) in [4.78, 5) is 33.4. The van der Waals surface area contributed by atoms with Crippen molar-refractivity contribution in [3.63, 3.8) is 0 Å². The van der Waals surface area contributed by atoms with Crippen molar-refractivity contribution in [2.45, 2.75) is 27.2 Å². The van der Waals surface area contributed by atoms with E-state index in [4.69, 9.17) is 0 Å². The van der Waals surface area contributed by atoms with Crippen LogP contribution >= 0.6 is 11.3 Å². The number of nitrogens with zero attached hydrogens (tertiary/aromatic N) is 6. The first kappa shape index (κ1) is 20.5. The monoisotopic (exact) mass is 416 g/mol. The molecule has 2 aliphatic rings. The quantitative estimate of drug-likeness (QED) is 0.746. The Kier molecular flexibility index (Phi) is 6.32. The summed E-state index contributed by atoms with van der Waals surface area (Å²) in [6.45, 7) is 16.3. The zero-order chi connectivity index (χ0) is 20.4. The van der Waals surface area contributed by atoms with Crippen LogP contribution in [0, 0.1) is 6.92 Å². The van der Waals surface area contributed by atoms with Crippen LogP contribution < -0.4 is 4.90 Å². The van der Waals surface area contributed by atoms with Crippen LogP contribution in [0.5, 0.6) is 0 Å². The Morgan fingerprint density at radius 3 is 2.34 bits per heavy atom. The number of rotatable bonds is 5. The fraction of sp³-hybridized carbons (Fsp3) is 0.667. The third kappa shape index (κ3) is 4.11. The lowest BCUT2D eigenvalue weighted by Crippen LogP contribution is -2.48. The van der Waals surface area contributed by atoms with Crippen molar-refractivity contribution in [2.75, 3.05) is 70.3 Å². The molecule has 0 aliphatic carbocycles. The van der Waals surface area contributed by atoms with Crippen LogP contribution in [0.4, 0.5) is 5.82 Å². The Bertz CT molecular complexity index is 852. The zero-order valence-corrected chi connectivity index (χ0v) is 18.7. The minimum Gasteiger partial charge on any atom is -0.353 e. The number of hydrogen-bond acceptors (Lipinski definition) is 7. The molecule has 2 fully saturated rings. The maximum Gasteiger partial charge on any atom is 0.264 e. The van der Waals surface area contributed by atoms with Gasteiger partial charge in [-0.1, -0.05) is 13.8 Å². The highest BCUT2D eigenvalue weighted by Gasteiger charge is 2.28. The van der Waals surface area contributed by atoms with E-state index < -0.39 is 0 Å². The van der Waals surface area contributed by atoms with E-state index >= 15 is 0 Å². The van der Waals surface area contributed by atoms with Crippen LogP contribution in [-0.2, 0) is 0 Å². The van der Waals surface area contributed by atoms with E-state index in [0.717, 1.165) is 91.9 Å². The molecule has 0 N–H and O–H groups in total. The normalized spacial score (nSPS) is 19.3. The van der Waals surface area contributed by atoms with Gasteiger partial charge in [-0.05, 0) is 32.0 Å². The lowest BCUT2D eigenvalue weighted by Gasteiger charge is -2.35. The number of fused-ring (bicyclic) bond motifs is 1. The van der Waals surface area contributed by atoms with Crippen molar-refractivity contribution in [3.8, 4) is 0 Å². The number of amides is 1. The average Bonchev–Trinajstić information content (AvgIpc) is 3.11. The smallest absolute Gasteiger partial charge is 0.264 e. The van der Waals surface area contributed by atoms with E-state index in [-0.39, 0.29) is 5.91 Å². The molecule has 2 aromatic heterocycles. The molecule has 1 amide bonds. The molecule has 2 aromatic rings. The van der Waals surface area contributed by atoms with E-state index in [0.29, 0.717) is 0 Å². The fourth-order valence-corrected chi connectivity index (χ4v) is 5.52. The van der Waals surface area contributed by atoms with Gasteiger partial charge in [0, 0.05) is 52.4 Å². The summed E-state index contributed by atoms with van der Waals surface area (Å²) in [5.74, 6) is 1.15. The maximum atomic E-state index is 13.2. The van der Waals surface area contributed by atoms with Gasteiger partial charge in [0.05, 0.1) is 10.3 Å². The van der Waals surface area contributed by atoms with Crippen LogP contribution in [0.1, 0.15) is 35.5 Å². The zero-order valence-electron chi connectivity index (χ0n) is 17.9. The van der Waals surface area contributed by atoms with Gasteiger partial charge in [0.2, 0.25) is 0 Å². The third-order valence-corrected chi connectivity index (χ3v) is 7.41. The van der Waals surface area contributed by atoms with Gasteiger partial charge in [-0.15, -0.1) is 11.3 Å². The standard InChI is InChI=1S/C21H32N6OS/c1-4-6-25-9-11-26(12-10-25)19-17-16(3)18(29-20(17)23-15-22-19)21(28)27-13-7-24(5-2)8-14-27/h15H,4-14H2,1-3H3. The molecular weight excluding hydrogens is 384 g/mol. The van der Waals surface area contributed by atoms with Crippen molar-refractivity contribution >= 4 is 33.3 Å². The first-order valence-electron chi connectivity index (χ1n) is 10.8. The van der Waals surface area contributed by atoms with Gasteiger partial charge in [-0.2, -0.15) is 0 Å². The van der Waals surface area contributed by atoms with Gasteiger partial charge in [-0.25, -0.2) is 9.97 Å². The number of carbonyl (C=O) groups excluding carboxylic acids is 1. The Morgan fingerprint density at radius 2 is 1.69 bits per heavy atom. The molecular formula is C21H32N6OS. The molecule has 8 heteroatoms. The number of aromatic nitrogens is 2. The third-order valence-electron chi connectivity index (χ3n) is 6.22. The van der Waals surface area contributed by atoms with Gasteiger partial charge >= 0.3 is 0 Å². The van der Waals surface area contributed by atoms with Gasteiger partial charge < -0.3 is 14.7 Å². The van der Waals surface area contributed by atoms with E-state index in [9.17, 15) is 4.79 Å². The second-order valence-electron chi connectivity index (χ2n) is 7.99. The predicted molar refractivity (Wildman–Crippen MR) is 119 cm³/mol. The first-order valence-corrected chi connectivity index (χ1v) is 11.7. The minimum atomic E-state index is 0.153. The highest BCUT2D eigenvalue weighted by atomic mass is 32.1. The molecule has 0 unspecified atom stereocenters. The summed E-state index contributed by atoms with van der Waals surface area (Å²) in [7, 11) is 0. The summed E-state index contributed by atoms with van der Waals surface area (Å²) in [5.41, 5.74) is 1.04. The van der Waals surface area contributed by atoms with Crippen LogP contribution in [0.25, 0.3) is 10.2 Å².